The molecule has 5 rings (SSSR count). The van der Waals surface area contributed by atoms with Gasteiger partial charge in [-0.25, -0.2) is 0 Å². The van der Waals surface area contributed by atoms with E-state index >= 15 is 0 Å². The fraction of sp³-hybridized carbons (Fsp3) is 0.206. The first-order chi connectivity index (χ1) is 19.1. The number of halogens is 2. The Morgan fingerprint density at radius 2 is 1.38 bits per heavy atom. The number of benzene rings is 4. The molecule has 1 heterocycles. The van der Waals surface area contributed by atoms with Gasteiger partial charge < -0.3 is 8.99 Å². The molecule has 0 bridgehead atoms. The van der Waals surface area contributed by atoms with Crippen molar-refractivity contribution in [3.8, 4) is 11.1 Å². The van der Waals surface area contributed by atoms with Gasteiger partial charge in [-0.3, -0.25) is 4.79 Å². The van der Waals surface area contributed by atoms with Gasteiger partial charge in [-0.1, -0.05) is 123 Å². The number of rotatable bonds is 7. The second kappa shape index (κ2) is 11.4. The van der Waals surface area contributed by atoms with Crippen LogP contribution in [0.2, 0.25) is 15.1 Å². The van der Waals surface area contributed by atoms with Crippen LogP contribution in [0.4, 0.5) is 0 Å². The van der Waals surface area contributed by atoms with Crippen LogP contribution < -0.4 is 15.9 Å². The molecule has 0 fully saturated rings. The highest BCUT2D eigenvalue weighted by Gasteiger charge is 2.50. The highest BCUT2D eigenvalue weighted by molar-refractivity contribution is 6.99. The summed E-state index contributed by atoms with van der Waals surface area (Å²) in [5.74, 6) is 0. The molecule has 0 aliphatic rings. The lowest BCUT2D eigenvalue weighted by Gasteiger charge is -2.43. The van der Waals surface area contributed by atoms with E-state index in [1.807, 2.05) is 54.6 Å². The zero-order chi connectivity index (χ0) is 28.5. The maximum Gasteiger partial charge on any atom is 0.261 e. The van der Waals surface area contributed by atoms with Crippen molar-refractivity contribution in [3.63, 3.8) is 0 Å². The second-order valence-electron chi connectivity index (χ2n) is 11.1. The summed E-state index contributed by atoms with van der Waals surface area (Å²) < 4.78 is 8.85. The van der Waals surface area contributed by atoms with Crippen LogP contribution in [0.15, 0.2) is 108 Å². The first-order valence-corrected chi connectivity index (χ1v) is 16.1. The molecule has 0 saturated carbocycles. The Kier molecular flexibility index (Phi) is 8.07. The summed E-state index contributed by atoms with van der Waals surface area (Å²) in [6.45, 7) is 7.15. The number of hydrogen-bond acceptors (Lipinski definition) is 2. The van der Waals surface area contributed by atoms with Gasteiger partial charge in [0.25, 0.3) is 13.9 Å². The Bertz CT molecular complexity index is 1670. The molecule has 5 aromatic rings. The molecule has 0 unspecified atom stereocenters. The van der Waals surface area contributed by atoms with Gasteiger partial charge in [0.1, 0.15) is 0 Å². The third-order valence-electron chi connectivity index (χ3n) is 7.68. The van der Waals surface area contributed by atoms with Gasteiger partial charge in [-0.05, 0) is 39.7 Å². The van der Waals surface area contributed by atoms with E-state index in [4.69, 9.17) is 27.6 Å². The number of nitrogens with zero attached hydrogens (tertiary/aromatic N) is 1. The van der Waals surface area contributed by atoms with Crippen molar-refractivity contribution in [1.82, 2.24) is 4.57 Å². The fourth-order valence-corrected chi connectivity index (χ4v) is 10.8. The Labute approximate surface area is 247 Å². The molecule has 3 nitrogen and oxygen atoms in total. The SMILES string of the molecule is Cn1c(=O)c(CCO[Si](c2ccccc2)(c2ccccc2)C(C)(C)C)c(-c2ccccc2Cl)c2cc(Cl)ccc21. The summed E-state index contributed by atoms with van der Waals surface area (Å²) in [7, 11) is -0.953. The van der Waals surface area contributed by atoms with Crippen molar-refractivity contribution in [1.29, 1.82) is 0 Å². The molecule has 6 heteroatoms. The average Bonchev–Trinajstić information content (AvgIpc) is 2.94. The first kappa shape index (κ1) is 28.4. The van der Waals surface area contributed by atoms with E-state index in [2.05, 4.69) is 69.3 Å². The highest BCUT2D eigenvalue weighted by Crippen LogP contribution is 2.38. The van der Waals surface area contributed by atoms with E-state index < -0.39 is 8.32 Å². The number of fused-ring (bicyclic) bond motifs is 1. The van der Waals surface area contributed by atoms with Crippen molar-refractivity contribution in [2.45, 2.75) is 32.2 Å². The third-order valence-corrected chi connectivity index (χ3v) is 13.3. The summed E-state index contributed by atoms with van der Waals surface area (Å²) in [5.41, 5.74) is 3.05. The van der Waals surface area contributed by atoms with Crippen molar-refractivity contribution in [2.24, 2.45) is 7.05 Å². The first-order valence-electron chi connectivity index (χ1n) is 13.5. The van der Waals surface area contributed by atoms with Gasteiger partial charge in [0.15, 0.2) is 0 Å². The van der Waals surface area contributed by atoms with E-state index in [1.165, 1.54) is 10.4 Å². The molecule has 0 radical (unpaired) electrons. The summed E-state index contributed by atoms with van der Waals surface area (Å²) in [4.78, 5) is 13.9. The zero-order valence-corrected chi connectivity index (χ0v) is 25.8. The summed E-state index contributed by atoms with van der Waals surface area (Å²) in [5, 5.41) is 4.34. The minimum atomic E-state index is -2.76. The Hall–Kier alpha value is -3.15. The van der Waals surface area contributed by atoms with Crippen molar-refractivity contribution >= 4 is 52.8 Å². The lowest BCUT2D eigenvalue weighted by molar-refractivity contribution is 0.301. The standard InChI is InChI=1S/C34H33Cl2NO2Si/c1-34(2,3)40(25-13-7-5-8-14-25,26-15-9-6-10-16-26)39-22-21-28-32(27-17-11-12-18-30(27)36)29-23-24(35)19-20-31(29)37(4)33(28)38/h5-20,23H,21-22H2,1-4H3. The Balaban J connectivity index is 1.66. The lowest BCUT2D eigenvalue weighted by atomic mass is 9.94. The third kappa shape index (κ3) is 5.06. The maximum atomic E-state index is 13.9. The topological polar surface area (TPSA) is 31.2 Å². The van der Waals surface area contributed by atoms with Crippen LogP contribution in [0.3, 0.4) is 0 Å². The monoisotopic (exact) mass is 585 g/mol. The Morgan fingerprint density at radius 1 is 0.800 bits per heavy atom. The van der Waals surface area contributed by atoms with Gasteiger partial charge in [0.05, 0.1) is 5.52 Å². The largest absolute Gasteiger partial charge is 0.407 e. The predicted molar refractivity (Wildman–Crippen MR) is 172 cm³/mol. The van der Waals surface area contributed by atoms with E-state index in [0.717, 1.165) is 22.0 Å². The van der Waals surface area contributed by atoms with E-state index in [1.54, 1.807) is 11.6 Å². The summed E-state index contributed by atoms with van der Waals surface area (Å²) in [6, 6.07) is 34.4. The molecular formula is C34H33Cl2NO2Si. The molecule has 1 aromatic heterocycles. The average molecular weight is 587 g/mol. The van der Waals surface area contributed by atoms with Gasteiger partial charge in [-0.2, -0.15) is 0 Å². The van der Waals surface area contributed by atoms with Crippen LogP contribution in [-0.2, 0) is 17.9 Å². The van der Waals surface area contributed by atoms with Crippen LogP contribution in [0.25, 0.3) is 22.0 Å². The minimum absolute atomic E-state index is 0.0595. The van der Waals surface area contributed by atoms with Crippen LogP contribution in [-0.4, -0.2) is 19.5 Å². The maximum absolute atomic E-state index is 13.9. The molecular weight excluding hydrogens is 553 g/mol. The fourth-order valence-electron chi connectivity index (χ4n) is 5.85. The molecule has 0 saturated heterocycles. The van der Waals surface area contributed by atoms with Crippen molar-refractivity contribution in [3.05, 3.63) is 129 Å². The normalized spacial score (nSPS) is 12.2. The predicted octanol–water partition coefficient (Wildman–Crippen LogP) is 7.63. The molecule has 0 spiro atoms. The van der Waals surface area contributed by atoms with Gasteiger partial charge in [-0.15, -0.1) is 0 Å². The molecule has 0 N–H and O–H groups in total. The smallest absolute Gasteiger partial charge is 0.261 e. The van der Waals surface area contributed by atoms with Crippen LogP contribution in [0, 0.1) is 0 Å². The van der Waals surface area contributed by atoms with E-state index in [-0.39, 0.29) is 10.6 Å². The molecule has 204 valence electrons. The molecule has 0 amide bonds. The van der Waals surface area contributed by atoms with E-state index in [0.29, 0.717) is 28.6 Å². The number of hydrogen-bond donors (Lipinski definition) is 0. The number of aryl methyl sites for hydroxylation is 1. The second-order valence-corrected chi connectivity index (χ2v) is 16.3. The number of pyridine rings is 1. The van der Waals surface area contributed by atoms with Crippen LogP contribution in [0.5, 0.6) is 0 Å². The lowest BCUT2D eigenvalue weighted by Crippen LogP contribution is -2.66. The van der Waals surface area contributed by atoms with Crippen LogP contribution >= 0.6 is 23.2 Å². The van der Waals surface area contributed by atoms with Crippen molar-refractivity contribution in [2.75, 3.05) is 6.61 Å². The molecule has 0 atom stereocenters. The van der Waals surface area contributed by atoms with E-state index in [9.17, 15) is 4.79 Å². The molecule has 40 heavy (non-hydrogen) atoms. The van der Waals surface area contributed by atoms with Crippen LogP contribution in [0.1, 0.15) is 26.3 Å². The van der Waals surface area contributed by atoms with Gasteiger partial charge in [0.2, 0.25) is 0 Å². The van der Waals surface area contributed by atoms with Gasteiger partial charge in [0, 0.05) is 52.2 Å². The summed E-state index contributed by atoms with van der Waals surface area (Å²) in [6.07, 6.45) is 0.431. The molecule has 0 aliphatic heterocycles. The zero-order valence-electron chi connectivity index (χ0n) is 23.2. The Morgan fingerprint density at radius 3 is 1.95 bits per heavy atom. The number of aromatic nitrogens is 1. The molecule has 0 aliphatic carbocycles. The van der Waals surface area contributed by atoms with Crippen molar-refractivity contribution < 1.29 is 4.43 Å². The highest BCUT2D eigenvalue weighted by atomic mass is 35.5. The summed E-state index contributed by atoms with van der Waals surface area (Å²) >= 11 is 13.2. The minimum Gasteiger partial charge on any atom is -0.407 e. The molecule has 4 aromatic carbocycles. The van der Waals surface area contributed by atoms with Gasteiger partial charge >= 0.3 is 0 Å². The quantitative estimate of drug-likeness (QED) is 0.184.